The molecule has 3 heterocycles. The van der Waals surface area contributed by atoms with Gasteiger partial charge in [-0.25, -0.2) is 9.37 Å². The summed E-state index contributed by atoms with van der Waals surface area (Å²) in [7, 11) is 3.59. The minimum absolute atomic E-state index is 0.0229. The van der Waals surface area contributed by atoms with E-state index in [0.29, 0.717) is 29.9 Å². The van der Waals surface area contributed by atoms with Crippen molar-refractivity contribution in [3.05, 3.63) is 40.7 Å². The average Bonchev–Trinajstić information content (AvgIpc) is 3.15. The normalized spacial score (nSPS) is 22.7. The summed E-state index contributed by atoms with van der Waals surface area (Å²) in [6, 6.07) is 3.08. The Morgan fingerprint density at radius 1 is 1.30 bits per heavy atom. The van der Waals surface area contributed by atoms with Crippen LogP contribution < -0.4 is 10.5 Å². The molecule has 0 spiro atoms. The van der Waals surface area contributed by atoms with Gasteiger partial charge in [0.2, 0.25) is 11.9 Å². The largest absolute Gasteiger partial charge is 0.342 e. The molecule has 30 heavy (non-hydrogen) atoms. The van der Waals surface area contributed by atoms with Crippen molar-refractivity contribution in [3.8, 4) is 11.3 Å². The number of aromatic nitrogens is 3. The van der Waals surface area contributed by atoms with E-state index in [1.165, 1.54) is 22.9 Å². The number of carbonyl (C=O) groups is 1. The molecule has 2 aromatic rings. The third-order valence-electron chi connectivity index (χ3n) is 6.11. The number of carbonyl (C=O) groups excluding carboxylic acids is 1. The zero-order valence-electron chi connectivity index (χ0n) is 18.1. The fraction of sp³-hybridized carbons (Fsp3) is 0.545. The van der Waals surface area contributed by atoms with E-state index in [4.69, 9.17) is 0 Å². The van der Waals surface area contributed by atoms with E-state index in [0.717, 1.165) is 19.3 Å². The summed E-state index contributed by atoms with van der Waals surface area (Å²) in [6.07, 6.45) is 3.14. The molecular weight excluding hydrogens is 385 g/mol. The van der Waals surface area contributed by atoms with Crippen LogP contribution in [0.4, 0.5) is 10.3 Å². The van der Waals surface area contributed by atoms with E-state index >= 15 is 0 Å². The molecule has 1 aliphatic carbocycles. The van der Waals surface area contributed by atoms with Gasteiger partial charge < -0.3 is 9.80 Å². The van der Waals surface area contributed by atoms with Gasteiger partial charge in [0.05, 0.1) is 11.9 Å². The molecule has 160 valence electrons. The van der Waals surface area contributed by atoms with E-state index in [1.54, 1.807) is 7.05 Å². The van der Waals surface area contributed by atoms with Gasteiger partial charge in [-0.15, -0.1) is 0 Å². The van der Waals surface area contributed by atoms with Gasteiger partial charge in [0.1, 0.15) is 0 Å². The number of hydrogen-bond acceptors (Lipinski definition) is 5. The lowest BCUT2D eigenvalue weighted by Gasteiger charge is -2.28. The Hall–Kier alpha value is -2.77. The number of nitrogens with zero attached hydrogens (tertiary/aromatic N) is 5. The minimum Gasteiger partial charge on any atom is -0.342 e. The van der Waals surface area contributed by atoms with Crippen LogP contribution in [0.15, 0.2) is 29.3 Å². The first-order valence-corrected chi connectivity index (χ1v) is 10.3. The fourth-order valence-electron chi connectivity index (χ4n) is 4.54. The highest BCUT2D eigenvalue weighted by atomic mass is 19.1. The van der Waals surface area contributed by atoms with Crippen molar-refractivity contribution >= 4 is 11.9 Å². The molecule has 0 bridgehead atoms. The highest BCUT2D eigenvalue weighted by Crippen LogP contribution is 2.49. The molecule has 4 rings (SSSR count). The summed E-state index contributed by atoms with van der Waals surface area (Å²) < 4.78 is 15.7. The molecule has 0 N–H and O–H groups in total. The van der Waals surface area contributed by atoms with Gasteiger partial charge in [0.15, 0.2) is 5.82 Å². The summed E-state index contributed by atoms with van der Waals surface area (Å²) in [4.78, 5) is 37.4. The first-order chi connectivity index (χ1) is 14.1. The number of pyridine rings is 1. The molecule has 8 heteroatoms. The van der Waals surface area contributed by atoms with Crippen LogP contribution in [0.2, 0.25) is 0 Å². The summed E-state index contributed by atoms with van der Waals surface area (Å²) in [5.74, 6) is 0.940. The third kappa shape index (κ3) is 3.70. The summed E-state index contributed by atoms with van der Waals surface area (Å²) >= 11 is 0. The highest BCUT2D eigenvalue weighted by molar-refractivity contribution is 5.77. The molecule has 2 aromatic heterocycles. The number of likely N-dealkylation sites (tertiary alicyclic amines) is 1. The van der Waals surface area contributed by atoms with Crippen LogP contribution in [0.25, 0.3) is 11.3 Å². The number of hydrogen-bond donors (Lipinski definition) is 0. The molecular formula is C22H28FN5O2. The molecule has 1 unspecified atom stereocenters. The molecule has 1 amide bonds. The molecule has 7 nitrogen and oxygen atoms in total. The first-order valence-electron chi connectivity index (χ1n) is 10.3. The lowest BCUT2D eigenvalue weighted by atomic mass is 9.91. The number of piperidine rings is 1. The molecule has 0 radical (unpaired) electrons. The zero-order chi connectivity index (χ0) is 21.8. The highest BCUT2D eigenvalue weighted by Gasteiger charge is 2.59. The number of amides is 1. The first kappa shape index (κ1) is 20.5. The Morgan fingerprint density at radius 3 is 2.57 bits per heavy atom. The SMILES string of the molecule is CN(c1nc(-c2ccncc2F)cc(=O)n1C)C1[C@H]2CN(C(=O)CC(C)(C)C)C[C@@H]12. The second-order valence-electron chi connectivity index (χ2n) is 9.66. The van der Waals surface area contributed by atoms with Gasteiger partial charge in [0.25, 0.3) is 5.56 Å². The second kappa shape index (κ2) is 7.18. The monoisotopic (exact) mass is 413 g/mol. The Morgan fingerprint density at radius 2 is 1.97 bits per heavy atom. The molecule has 1 saturated heterocycles. The van der Waals surface area contributed by atoms with Crippen molar-refractivity contribution in [3.63, 3.8) is 0 Å². The minimum atomic E-state index is -0.511. The van der Waals surface area contributed by atoms with Crippen molar-refractivity contribution in [2.24, 2.45) is 24.3 Å². The standard InChI is InChI=1S/C22H28FN5O2/c1-22(2,3)9-19(30)28-11-14-15(12-28)20(14)27(5)21-25-17(8-18(29)26(21)4)13-6-7-24-10-16(13)23/h6-8,10,14-15,20H,9,11-12H2,1-5H3/t14-,15+,20?. The van der Waals surface area contributed by atoms with Crippen LogP contribution in [-0.4, -0.2) is 51.5 Å². The molecule has 2 aliphatic rings. The average molecular weight is 413 g/mol. The van der Waals surface area contributed by atoms with Crippen molar-refractivity contribution in [1.82, 2.24) is 19.4 Å². The van der Waals surface area contributed by atoms with Crippen LogP contribution in [-0.2, 0) is 11.8 Å². The molecule has 0 aromatic carbocycles. The molecule has 2 fully saturated rings. The Kier molecular flexibility index (Phi) is 4.91. The summed E-state index contributed by atoms with van der Waals surface area (Å²) in [5.41, 5.74) is 0.288. The van der Waals surface area contributed by atoms with E-state index in [1.807, 2.05) is 16.8 Å². The lowest BCUT2D eigenvalue weighted by Crippen LogP contribution is -2.39. The van der Waals surface area contributed by atoms with Crippen molar-refractivity contribution in [2.75, 3.05) is 25.0 Å². The maximum Gasteiger partial charge on any atom is 0.255 e. The van der Waals surface area contributed by atoms with Crippen LogP contribution in [0.5, 0.6) is 0 Å². The van der Waals surface area contributed by atoms with Gasteiger partial charge in [-0.3, -0.25) is 19.1 Å². The Bertz CT molecular complexity index is 1030. The fourth-order valence-corrected chi connectivity index (χ4v) is 4.54. The van der Waals surface area contributed by atoms with E-state index in [2.05, 4.69) is 30.7 Å². The number of halogens is 1. The van der Waals surface area contributed by atoms with Gasteiger partial charge in [0, 0.05) is 69.3 Å². The molecule has 3 atom stereocenters. The summed E-state index contributed by atoms with van der Waals surface area (Å²) in [5, 5.41) is 0. The van der Waals surface area contributed by atoms with E-state index in [-0.39, 0.29) is 28.5 Å². The van der Waals surface area contributed by atoms with Gasteiger partial charge in [-0.2, -0.15) is 0 Å². The zero-order valence-corrected chi connectivity index (χ0v) is 18.1. The van der Waals surface area contributed by atoms with Crippen LogP contribution in [0.1, 0.15) is 27.2 Å². The Balaban J connectivity index is 1.52. The van der Waals surface area contributed by atoms with Crippen molar-refractivity contribution < 1.29 is 9.18 Å². The topological polar surface area (TPSA) is 71.3 Å². The predicted molar refractivity (Wildman–Crippen MR) is 112 cm³/mol. The molecule has 1 aliphatic heterocycles. The van der Waals surface area contributed by atoms with Crippen molar-refractivity contribution in [1.29, 1.82) is 0 Å². The molecule has 1 saturated carbocycles. The van der Waals surface area contributed by atoms with Crippen LogP contribution >= 0.6 is 0 Å². The maximum atomic E-state index is 14.2. The van der Waals surface area contributed by atoms with Crippen molar-refractivity contribution in [2.45, 2.75) is 33.2 Å². The smallest absolute Gasteiger partial charge is 0.255 e. The van der Waals surface area contributed by atoms with Gasteiger partial charge in [-0.1, -0.05) is 20.8 Å². The number of anilines is 1. The van der Waals surface area contributed by atoms with Gasteiger partial charge >= 0.3 is 0 Å². The predicted octanol–water partition coefficient (Wildman–Crippen LogP) is 2.31. The lowest BCUT2D eigenvalue weighted by molar-refractivity contribution is -0.132. The Labute approximate surface area is 175 Å². The number of fused-ring (bicyclic) bond motifs is 1. The van der Waals surface area contributed by atoms with Crippen LogP contribution in [0, 0.1) is 23.1 Å². The second-order valence-corrected chi connectivity index (χ2v) is 9.66. The maximum absolute atomic E-state index is 14.2. The van der Waals surface area contributed by atoms with Crippen LogP contribution in [0.3, 0.4) is 0 Å². The van der Waals surface area contributed by atoms with E-state index < -0.39 is 5.82 Å². The quantitative estimate of drug-likeness (QED) is 0.769. The third-order valence-corrected chi connectivity index (χ3v) is 6.11. The summed E-state index contributed by atoms with van der Waals surface area (Å²) in [6.45, 7) is 7.69. The number of rotatable bonds is 4. The van der Waals surface area contributed by atoms with Gasteiger partial charge in [-0.05, 0) is 11.5 Å². The van der Waals surface area contributed by atoms with E-state index in [9.17, 15) is 14.0 Å².